The van der Waals surface area contributed by atoms with Gasteiger partial charge in [-0.25, -0.2) is 0 Å². The molecule has 2 heteroatoms. The van der Waals surface area contributed by atoms with Gasteiger partial charge < -0.3 is 9.32 Å². The average molecular weight is 628 g/mol. The van der Waals surface area contributed by atoms with E-state index in [4.69, 9.17) is 25.0 Å². The third-order valence-corrected chi connectivity index (χ3v) is 7.83. The van der Waals surface area contributed by atoms with Gasteiger partial charge in [-0.15, -0.1) is 0 Å². The fraction of sp³-hybridized carbons (Fsp3) is 0.0222. The molecular formula is C45H29NO. The molecule has 10 rings (SSSR count). The van der Waals surface area contributed by atoms with Gasteiger partial charge in [-0.05, 0) is 92.1 Å². The predicted octanol–water partition coefficient (Wildman–Crippen LogP) is 12.5. The minimum Gasteiger partial charge on any atom is -0.456 e. The summed E-state index contributed by atoms with van der Waals surface area (Å²) in [6, 6.07) is -26.4. The van der Waals surface area contributed by atoms with Crippen LogP contribution in [0.3, 0.4) is 0 Å². The van der Waals surface area contributed by atoms with Crippen LogP contribution in [0.2, 0.25) is 0 Å². The van der Waals surface area contributed by atoms with Crippen molar-refractivity contribution in [2.45, 2.75) is 5.92 Å². The number of para-hydroxylation sites is 2. The molecule has 8 aromatic carbocycles. The molecular weight excluding hydrogens is 571 g/mol. The molecule has 2 nitrogen and oxygen atoms in total. The smallest absolute Gasteiger partial charge is 0.136 e. The molecule has 0 saturated carbocycles. The number of hydrogen-bond acceptors (Lipinski definition) is 2. The summed E-state index contributed by atoms with van der Waals surface area (Å²) in [5.41, 5.74) is -7.28. The van der Waals surface area contributed by atoms with Crippen molar-refractivity contribution in [1.29, 1.82) is 0 Å². The molecule has 1 aromatic heterocycles. The summed E-state index contributed by atoms with van der Waals surface area (Å²) in [6.45, 7) is 0. The lowest BCUT2D eigenvalue weighted by Crippen LogP contribution is -2.11. The summed E-state index contributed by atoms with van der Waals surface area (Å²) < 4.78 is 259. The Bertz CT molecular complexity index is 4180. The number of benzene rings is 8. The number of hydrogen-bond donors (Lipinski definition) is 0. The van der Waals surface area contributed by atoms with E-state index in [-0.39, 0.29) is 0 Å². The maximum atomic E-state index is 10.1. The van der Waals surface area contributed by atoms with E-state index in [0.29, 0.717) is 4.90 Å². The Hall–Kier alpha value is -6.12. The molecule has 1 atom stereocenters. The van der Waals surface area contributed by atoms with Crippen molar-refractivity contribution in [3.63, 3.8) is 0 Å². The summed E-state index contributed by atoms with van der Waals surface area (Å²) in [5.74, 6) is -1.99. The van der Waals surface area contributed by atoms with Gasteiger partial charge in [0.05, 0.1) is 44.1 Å². The molecule has 1 aliphatic rings. The Morgan fingerprint density at radius 3 is 2.06 bits per heavy atom. The normalized spacial score (nSPS) is 22.1. The van der Waals surface area contributed by atoms with E-state index in [1.807, 2.05) is 0 Å². The Balaban J connectivity index is 1.50. The molecule has 1 unspecified atom stereocenters. The summed E-state index contributed by atoms with van der Waals surface area (Å²) in [6.07, 6.45) is 0. The zero-order valence-electron chi connectivity index (χ0n) is 51.4. The van der Waals surface area contributed by atoms with Crippen LogP contribution in [0.4, 0.5) is 17.1 Å². The van der Waals surface area contributed by atoms with Gasteiger partial charge in [0.2, 0.25) is 0 Å². The predicted molar refractivity (Wildman–Crippen MR) is 196 cm³/mol. The van der Waals surface area contributed by atoms with E-state index >= 15 is 0 Å². The van der Waals surface area contributed by atoms with Crippen LogP contribution in [-0.4, -0.2) is 0 Å². The number of nitrogens with zero attached hydrogens (tertiary/aromatic N) is 1. The van der Waals surface area contributed by atoms with Crippen LogP contribution in [0.15, 0.2) is 174 Å². The highest BCUT2D eigenvalue weighted by Crippen LogP contribution is 2.53. The van der Waals surface area contributed by atoms with Gasteiger partial charge in [0, 0.05) is 33.6 Å². The van der Waals surface area contributed by atoms with Crippen molar-refractivity contribution in [3.8, 4) is 11.1 Å². The van der Waals surface area contributed by atoms with Crippen LogP contribution in [0.25, 0.3) is 54.6 Å². The third kappa shape index (κ3) is 3.98. The maximum absolute atomic E-state index is 10.1. The lowest BCUT2D eigenvalue weighted by atomic mass is 9.89. The van der Waals surface area contributed by atoms with Crippen LogP contribution >= 0.6 is 0 Å². The van der Waals surface area contributed by atoms with Crippen molar-refractivity contribution >= 4 is 60.5 Å². The summed E-state index contributed by atoms with van der Waals surface area (Å²) in [5, 5.41) is -3.48. The van der Waals surface area contributed by atoms with Gasteiger partial charge in [0.1, 0.15) is 11.2 Å². The minimum absolute atomic E-state index is 0.411. The Morgan fingerprint density at radius 1 is 0.468 bits per heavy atom. The largest absolute Gasteiger partial charge is 0.456 e. The minimum atomic E-state index is -1.99. The van der Waals surface area contributed by atoms with E-state index in [1.165, 1.54) is 0 Å². The second-order valence-corrected chi connectivity index (χ2v) is 10.3. The van der Waals surface area contributed by atoms with E-state index < -0.39 is 263 Å². The van der Waals surface area contributed by atoms with E-state index in [1.54, 1.807) is 0 Å². The van der Waals surface area contributed by atoms with Crippen molar-refractivity contribution < 1.29 is 42.8 Å². The number of anilines is 3. The van der Waals surface area contributed by atoms with E-state index in [0.717, 1.165) is 0 Å². The molecule has 1 aliphatic carbocycles. The first-order chi connectivity index (χ1) is 35.0. The Kier molecular flexibility index (Phi) is 2.33. The topological polar surface area (TPSA) is 16.4 Å². The van der Waals surface area contributed by atoms with Crippen LogP contribution in [0.1, 0.15) is 61.0 Å². The molecule has 47 heavy (non-hydrogen) atoms. The quantitative estimate of drug-likeness (QED) is 0.181. The average Bonchev–Trinajstić information content (AvgIpc) is 3.95. The van der Waals surface area contributed by atoms with Gasteiger partial charge in [-0.2, -0.15) is 0 Å². The van der Waals surface area contributed by atoms with Crippen LogP contribution in [0.5, 0.6) is 0 Å². The monoisotopic (exact) mass is 627 g/mol. The highest BCUT2D eigenvalue weighted by Gasteiger charge is 2.33. The summed E-state index contributed by atoms with van der Waals surface area (Å²) in [7, 11) is 0. The second-order valence-electron chi connectivity index (χ2n) is 10.3. The van der Waals surface area contributed by atoms with Crippen LogP contribution < -0.4 is 4.90 Å². The fourth-order valence-corrected chi connectivity index (χ4v) is 5.90. The van der Waals surface area contributed by atoms with Gasteiger partial charge in [0.15, 0.2) is 0 Å². The molecule has 0 fully saturated rings. The van der Waals surface area contributed by atoms with E-state index in [9.17, 15) is 17.8 Å². The molecule has 0 spiro atoms. The van der Waals surface area contributed by atoms with Gasteiger partial charge >= 0.3 is 0 Å². The molecule has 1 heterocycles. The highest BCUT2D eigenvalue weighted by molar-refractivity contribution is 6.17. The van der Waals surface area contributed by atoms with E-state index in [2.05, 4.69) is 0 Å². The van der Waals surface area contributed by atoms with Crippen LogP contribution in [0, 0.1) is 0 Å². The first kappa shape index (κ1) is 10.7. The van der Waals surface area contributed by atoms with Crippen molar-refractivity contribution in [2.24, 2.45) is 0 Å². The fourth-order valence-electron chi connectivity index (χ4n) is 5.90. The molecule has 0 amide bonds. The van der Waals surface area contributed by atoms with Gasteiger partial charge in [-0.1, -0.05) is 121 Å². The first-order valence-corrected chi connectivity index (χ1v) is 13.9. The molecule has 0 bridgehead atoms. The lowest BCUT2D eigenvalue weighted by Gasteiger charge is -2.28. The highest BCUT2D eigenvalue weighted by atomic mass is 16.3. The second kappa shape index (κ2) is 10.2. The maximum Gasteiger partial charge on any atom is 0.136 e. The molecule has 9 aromatic rings. The number of furan rings is 1. The van der Waals surface area contributed by atoms with Crippen molar-refractivity contribution in [2.75, 3.05) is 4.90 Å². The third-order valence-electron chi connectivity index (χ3n) is 7.83. The Labute approximate surface area is 312 Å². The molecule has 0 N–H and O–H groups in total. The van der Waals surface area contributed by atoms with Crippen molar-refractivity contribution in [1.82, 2.24) is 0 Å². The lowest BCUT2D eigenvalue weighted by molar-refractivity contribution is 0.669. The number of rotatable bonds is 4. The zero-order valence-corrected chi connectivity index (χ0v) is 23.4. The molecule has 0 saturated heterocycles. The number of fused-ring (bicyclic) bond motifs is 9. The van der Waals surface area contributed by atoms with Crippen molar-refractivity contribution in [3.05, 3.63) is 186 Å². The first-order valence-electron chi connectivity index (χ1n) is 27.9. The van der Waals surface area contributed by atoms with Gasteiger partial charge in [0.25, 0.3) is 0 Å². The molecule has 220 valence electrons. The SMILES string of the molecule is [2H]c1c([2H])c([2H])c(C2c3c([2H])c([2H])c([2H])c([2H])c3-c3c2c([2H])c([2H])c([2H])c3N(c2c([2H])c([2H])c([2H])c([2H])c2[2H])c2c([2H])c([2H])c3c([2H])c([2H])c4c([2H])c5oc6c([2H])c([2H])c([2H])c([2H])c6c5c([2H])c4c3c2[2H])c([2H])c1[2H]. The standard InChI is InChI=1S/C45H29NO/c1-3-12-30(13-4-1)44-35-17-7-8-18-36(35)45-37(44)19-11-20-41(45)46(32-14-5-2-6-15-32)33-25-24-29-22-23-31-26-43-40(28-39(31)38(29)27-33)34-16-9-10-21-42(34)47-43/h1-28,44H/i1D,2D,3D,4D,5D,6D,7D,8D,9D,10D,11D,12D,13D,14D,15D,16D,17D,18D,19D,20D,21D,22D,23D,24D,25D,26D,27D,28D. The zero-order chi connectivity index (χ0) is 55.3. The summed E-state index contributed by atoms with van der Waals surface area (Å²) in [4.78, 5) is 0.494. The molecule has 0 aliphatic heterocycles. The van der Waals surface area contributed by atoms with Gasteiger partial charge in [-0.3, -0.25) is 0 Å². The Morgan fingerprint density at radius 2 is 1.17 bits per heavy atom. The van der Waals surface area contributed by atoms with Crippen LogP contribution in [-0.2, 0) is 0 Å². The summed E-state index contributed by atoms with van der Waals surface area (Å²) >= 11 is 0. The molecule has 0 radical (unpaired) electrons.